The number of hydrogen-bond acceptors (Lipinski definition) is 3. The highest BCUT2D eigenvalue weighted by atomic mass is 16.5. The van der Waals surface area contributed by atoms with Crippen molar-refractivity contribution in [3.05, 3.63) is 23.4 Å². The second-order valence-electron chi connectivity index (χ2n) is 5.17. The molecule has 0 bridgehead atoms. The Morgan fingerprint density at radius 3 is 3.24 bits per heavy atom. The van der Waals surface area contributed by atoms with Crippen molar-refractivity contribution in [1.29, 1.82) is 0 Å². The lowest BCUT2D eigenvalue weighted by Gasteiger charge is -2.40. The first-order valence-electron chi connectivity index (χ1n) is 6.54. The van der Waals surface area contributed by atoms with E-state index in [0.717, 1.165) is 32.2 Å². The smallest absolute Gasteiger partial charge is 0.311 e. The van der Waals surface area contributed by atoms with Crippen LogP contribution in [0.2, 0.25) is 0 Å². The summed E-state index contributed by atoms with van der Waals surface area (Å²) < 4.78 is 4.97. The van der Waals surface area contributed by atoms with E-state index in [0.29, 0.717) is 6.04 Å². The predicted molar refractivity (Wildman–Crippen MR) is 65.3 cm³/mol. The molecule has 0 aromatic rings. The van der Waals surface area contributed by atoms with Crippen molar-refractivity contribution >= 4 is 5.97 Å². The summed E-state index contributed by atoms with van der Waals surface area (Å²) in [6.07, 6.45) is 9.98. The van der Waals surface area contributed by atoms with Crippen molar-refractivity contribution < 1.29 is 9.53 Å². The lowest BCUT2D eigenvalue weighted by molar-refractivity contribution is -0.147. The summed E-state index contributed by atoms with van der Waals surface area (Å²) >= 11 is 0. The number of allylic oxidation sites excluding steroid dienone is 3. The van der Waals surface area contributed by atoms with Crippen molar-refractivity contribution in [3.8, 4) is 0 Å². The molecule has 0 saturated carbocycles. The zero-order valence-electron chi connectivity index (χ0n) is 10.3. The van der Waals surface area contributed by atoms with Crippen LogP contribution in [0, 0.1) is 5.92 Å². The molecule has 2 heterocycles. The molecule has 0 aromatic carbocycles. The fourth-order valence-electron chi connectivity index (χ4n) is 3.51. The first-order chi connectivity index (χ1) is 8.31. The summed E-state index contributed by atoms with van der Waals surface area (Å²) in [5.41, 5.74) is 2.86. The van der Waals surface area contributed by atoms with Gasteiger partial charge < -0.3 is 9.64 Å². The monoisotopic (exact) mass is 233 g/mol. The molecule has 17 heavy (non-hydrogen) atoms. The van der Waals surface area contributed by atoms with Gasteiger partial charge in [-0.05, 0) is 43.8 Å². The summed E-state index contributed by atoms with van der Waals surface area (Å²) in [7, 11) is 1.51. The van der Waals surface area contributed by atoms with Crippen LogP contribution in [-0.2, 0) is 9.53 Å². The number of rotatable bonds is 1. The third-order valence-electron chi connectivity index (χ3n) is 4.29. The maximum absolute atomic E-state index is 11.9. The van der Waals surface area contributed by atoms with Gasteiger partial charge in [0.2, 0.25) is 0 Å². The molecule has 2 atom stereocenters. The van der Waals surface area contributed by atoms with Crippen molar-refractivity contribution in [2.45, 2.75) is 38.1 Å². The van der Waals surface area contributed by atoms with E-state index in [9.17, 15) is 4.79 Å². The van der Waals surface area contributed by atoms with Crippen LogP contribution in [0.3, 0.4) is 0 Å². The predicted octanol–water partition coefficient (Wildman–Crippen LogP) is 2.25. The minimum absolute atomic E-state index is 0.0250. The lowest BCUT2D eigenvalue weighted by atomic mass is 9.82. The summed E-state index contributed by atoms with van der Waals surface area (Å²) in [6.45, 7) is 1.10. The van der Waals surface area contributed by atoms with E-state index in [-0.39, 0.29) is 11.9 Å². The molecule has 3 nitrogen and oxygen atoms in total. The highest BCUT2D eigenvalue weighted by Gasteiger charge is 2.42. The Kier molecular flexibility index (Phi) is 2.69. The fraction of sp³-hybridized carbons (Fsp3) is 0.643. The van der Waals surface area contributed by atoms with Crippen LogP contribution < -0.4 is 0 Å². The number of fused-ring (bicyclic) bond motifs is 2. The number of carbonyl (C=O) groups is 1. The molecule has 92 valence electrons. The van der Waals surface area contributed by atoms with E-state index in [1.54, 1.807) is 0 Å². The van der Waals surface area contributed by atoms with Gasteiger partial charge in [0.05, 0.1) is 13.0 Å². The van der Waals surface area contributed by atoms with Gasteiger partial charge in [-0.1, -0.05) is 6.08 Å². The topological polar surface area (TPSA) is 29.5 Å². The SMILES string of the molecule is COC(=O)C1CC2=C(C=CCC2)N2CCCC12. The Labute approximate surface area is 102 Å². The molecule has 1 saturated heterocycles. The molecule has 0 amide bonds. The van der Waals surface area contributed by atoms with Crippen molar-refractivity contribution in [3.63, 3.8) is 0 Å². The normalized spacial score (nSPS) is 31.2. The number of ether oxygens (including phenoxy) is 1. The Bertz CT molecular complexity index is 397. The van der Waals surface area contributed by atoms with E-state index >= 15 is 0 Å². The molecule has 2 unspecified atom stereocenters. The molecule has 1 fully saturated rings. The minimum atomic E-state index is -0.0250. The Hall–Kier alpha value is -1.25. The van der Waals surface area contributed by atoms with Gasteiger partial charge in [-0.25, -0.2) is 0 Å². The van der Waals surface area contributed by atoms with Gasteiger partial charge in [-0.3, -0.25) is 4.79 Å². The molecule has 3 rings (SSSR count). The van der Waals surface area contributed by atoms with Gasteiger partial charge in [-0.2, -0.15) is 0 Å². The molecule has 2 aliphatic heterocycles. The van der Waals surface area contributed by atoms with Crippen LogP contribution in [0.15, 0.2) is 23.4 Å². The second kappa shape index (κ2) is 4.21. The molecule has 0 N–H and O–H groups in total. The lowest BCUT2D eigenvalue weighted by Crippen LogP contribution is -2.43. The van der Waals surface area contributed by atoms with E-state index in [1.807, 2.05) is 0 Å². The summed E-state index contributed by atoms with van der Waals surface area (Å²) in [6, 6.07) is 0.379. The van der Waals surface area contributed by atoms with Crippen LogP contribution >= 0.6 is 0 Å². The minimum Gasteiger partial charge on any atom is -0.469 e. The number of nitrogens with zero attached hydrogens (tertiary/aromatic N) is 1. The molecule has 0 aromatic heterocycles. The Morgan fingerprint density at radius 1 is 1.53 bits per heavy atom. The van der Waals surface area contributed by atoms with Crippen LogP contribution in [0.5, 0.6) is 0 Å². The third-order valence-corrected chi connectivity index (χ3v) is 4.29. The summed E-state index contributed by atoms with van der Waals surface area (Å²) in [5, 5.41) is 0. The van der Waals surface area contributed by atoms with Crippen LogP contribution in [0.25, 0.3) is 0 Å². The number of carbonyl (C=O) groups excluding carboxylic acids is 1. The van der Waals surface area contributed by atoms with Crippen molar-refractivity contribution in [2.24, 2.45) is 5.92 Å². The molecule has 0 spiro atoms. The van der Waals surface area contributed by atoms with Crippen molar-refractivity contribution in [1.82, 2.24) is 4.90 Å². The Morgan fingerprint density at radius 2 is 2.41 bits per heavy atom. The average Bonchev–Trinajstić information content (AvgIpc) is 2.86. The number of hydrogen-bond donors (Lipinski definition) is 0. The van der Waals surface area contributed by atoms with Crippen LogP contribution in [0.4, 0.5) is 0 Å². The Balaban J connectivity index is 1.94. The van der Waals surface area contributed by atoms with Crippen LogP contribution in [0.1, 0.15) is 32.1 Å². The maximum Gasteiger partial charge on any atom is 0.311 e. The second-order valence-corrected chi connectivity index (χ2v) is 5.17. The van der Waals surface area contributed by atoms with Gasteiger partial charge in [0.25, 0.3) is 0 Å². The summed E-state index contributed by atoms with van der Waals surface area (Å²) in [5.74, 6) is 0.0377. The van der Waals surface area contributed by atoms with Gasteiger partial charge >= 0.3 is 5.97 Å². The van der Waals surface area contributed by atoms with E-state index < -0.39 is 0 Å². The molecular weight excluding hydrogens is 214 g/mol. The third kappa shape index (κ3) is 1.68. The molecule has 0 radical (unpaired) electrons. The van der Waals surface area contributed by atoms with Gasteiger partial charge in [0.1, 0.15) is 0 Å². The zero-order valence-corrected chi connectivity index (χ0v) is 10.3. The molecular formula is C14H19NO2. The maximum atomic E-state index is 11.9. The molecule has 3 aliphatic rings. The fourth-order valence-corrected chi connectivity index (χ4v) is 3.51. The zero-order chi connectivity index (χ0) is 11.8. The largest absolute Gasteiger partial charge is 0.469 e. The van der Waals surface area contributed by atoms with E-state index in [1.165, 1.54) is 24.8 Å². The van der Waals surface area contributed by atoms with Gasteiger partial charge in [-0.15, -0.1) is 0 Å². The first-order valence-corrected chi connectivity index (χ1v) is 6.54. The van der Waals surface area contributed by atoms with Crippen molar-refractivity contribution in [2.75, 3.05) is 13.7 Å². The number of esters is 1. The van der Waals surface area contributed by atoms with E-state index in [4.69, 9.17) is 4.74 Å². The molecule has 3 heteroatoms. The quantitative estimate of drug-likeness (QED) is 0.651. The molecule has 1 aliphatic carbocycles. The average molecular weight is 233 g/mol. The highest BCUT2D eigenvalue weighted by Crippen LogP contribution is 2.41. The van der Waals surface area contributed by atoms with Crippen LogP contribution in [-0.4, -0.2) is 30.6 Å². The van der Waals surface area contributed by atoms with Gasteiger partial charge in [0.15, 0.2) is 0 Å². The standard InChI is InChI=1S/C14H19NO2/c1-17-14(16)11-9-10-5-2-3-6-12(10)15-8-4-7-13(11)15/h3,6,11,13H,2,4-5,7-9H2,1H3. The summed E-state index contributed by atoms with van der Waals surface area (Å²) in [4.78, 5) is 14.3. The van der Waals surface area contributed by atoms with E-state index in [2.05, 4.69) is 17.1 Å². The highest BCUT2D eigenvalue weighted by molar-refractivity contribution is 5.74. The van der Waals surface area contributed by atoms with Gasteiger partial charge in [0, 0.05) is 18.3 Å². The number of methoxy groups -OCH3 is 1. The first kappa shape index (κ1) is 10.9.